The zero-order chi connectivity index (χ0) is 20.9. The zero-order valence-corrected chi connectivity index (χ0v) is 17.7. The second-order valence-electron chi connectivity index (χ2n) is 6.38. The third kappa shape index (κ3) is 3.19. The molecule has 0 radical (unpaired) electrons. The van der Waals surface area contributed by atoms with Gasteiger partial charge >= 0.3 is 171 Å². The molecule has 4 rings (SSSR count). The van der Waals surface area contributed by atoms with E-state index >= 15 is 2.86 Å². The number of benzene rings is 4. The molecule has 0 unspecified atom stereocenters. The van der Waals surface area contributed by atoms with Crippen molar-refractivity contribution in [1.29, 1.82) is 0 Å². The van der Waals surface area contributed by atoms with Gasteiger partial charge in [-0.25, -0.2) is 0 Å². The fourth-order valence-corrected chi connectivity index (χ4v) is 11.9. The van der Waals surface area contributed by atoms with Gasteiger partial charge in [0, 0.05) is 0 Å². The van der Waals surface area contributed by atoms with Gasteiger partial charge in [-0.05, 0) is 0 Å². The normalized spacial score (nSPS) is 13.7. The molecule has 3 nitrogen and oxygen atoms in total. The van der Waals surface area contributed by atoms with Crippen molar-refractivity contribution in [3.63, 3.8) is 0 Å². The van der Waals surface area contributed by atoms with Gasteiger partial charge in [0.25, 0.3) is 0 Å². The predicted molar refractivity (Wildman–Crippen MR) is 101 cm³/mol. The molecule has 0 saturated heterocycles. The Balaban J connectivity index is 2.05. The van der Waals surface area contributed by atoms with Crippen LogP contribution in [-0.4, -0.2) is 16.2 Å². The van der Waals surface area contributed by atoms with Crippen molar-refractivity contribution >= 4 is 31.7 Å². The molecule has 4 aromatic rings. The fraction of sp³-hybridized carbons (Fsp3) is 0.0476. The molecule has 0 N–H and O–H groups in total. The zero-order valence-electron chi connectivity index (χ0n) is 14.7. The van der Waals surface area contributed by atoms with Gasteiger partial charge in [-0.3, -0.25) is 0 Å². The summed E-state index contributed by atoms with van der Waals surface area (Å²) in [5, 5.41) is 2.34. The Morgan fingerprint density at radius 3 is 1.45 bits per heavy atom. The van der Waals surface area contributed by atoms with Crippen molar-refractivity contribution in [1.82, 2.24) is 0 Å². The Morgan fingerprint density at radius 2 is 1.07 bits per heavy atom. The molecule has 0 spiro atoms. The van der Waals surface area contributed by atoms with E-state index in [9.17, 15) is 21.8 Å². The summed E-state index contributed by atoms with van der Waals surface area (Å²) in [5.41, 5.74) is 0. The van der Waals surface area contributed by atoms with Crippen molar-refractivity contribution in [3.8, 4) is 0 Å². The maximum atomic E-state index is 16.4. The molecule has 0 bridgehead atoms. The molecule has 0 amide bonds. The van der Waals surface area contributed by atoms with Gasteiger partial charge in [-0.15, -0.1) is 0 Å². The number of fused-ring (bicyclic) bond motifs is 2. The molecule has 0 fully saturated rings. The van der Waals surface area contributed by atoms with Gasteiger partial charge in [0.2, 0.25) is 0 Å². The van der Waals surface area contributed by atoms with Crippen LogP contribution in [0.5, 0.6) is 0 Å². The molecule has 0 aromatic heterocycles. The summed E-state index contributed by atoms with van der Waals surface area (Å²) in [7, 11) is -6.24. The predicted octanol–water partition coefficient (Wildman–Crippen LogP) is 2.17. The molecule has 29 heavy (non-hydrogen) atoms. The van der Waals surface area contributed by atoms with Gasteiger partial charge in [0.05, 0.1) is 0 Å². The van der Waals surface area contributed by atoms with E-state index in [4.69, 9.17) is 0 Å². The monoisotopic (exact) mass is 530 g/mol. The van der Waals surface area contributed by atoms with E-state index in [2.05, 4.69) is 0 Å². The summed E-state index contributed by atoms with van der Waals surface area (Å²) in [6.45, 7) is 0. The van der Waals surface area contributed by atoms with Crippen LogP contribution in [0.3, 0.4) is 0 Å². The van der Waals surface area contributed by atoms with Gasteiger partial charge in [0.15, 0.2) is 0 Å². The summed E-state index contributed by atoms with van der Waals surface area (Å²) in [6.07, 6.45) is 0. The molecule has 0 atom stereocenters. The fourth-order valence-electron chi connectivity index (χ4n) is 3.15. The molecule has 152 valence electrons. The Bertz CT molecular complexity index is 1260. The van der Waals surface area contributed by atoms with Crippen LogP contribution >= 0.6 is 0 Å². The Morgan fingerprint density at radius 1 is 0.690 bits per heavy atom. The molecule has 0 aliphatic rings. The third-order valence-corrected chi connectivity index (χ3v) is 14.7. The SMILES string of the molecule is O=S(=O)([O-])C(F)(F)[I-](F)(c1ccc2ccccc2c1)c1ccc2ccccc2c1. The number of rotatable bonds is 4. The average Bonchev–Trinajstić information content (AvgIpc) is 2.71. The van der Waals surface area contributed by atoms with Crippen LogP contribution in [0.15, 0.2) is 84.9 Å². The van der Waals surface area contributed by atoms with Crippen LogP contribution in [0.2, 0.25) is 0 Å². The van der Waals surface area contributed by atoms with Crippen molar-refractivity contribution < 1.29 is 43.6 Å². The van der Waals surface area contributed by atoms with Crippen LogP contribution in [0.1, 0.15) is 0 Å². The van der Waals surface area contributed by atoms with Crippen molar-refractivity contribution in [3.05, 3.63) is 92.1 Å². The summed E-state index contributed by atoms with van der Waals surface area (Å²) in [5.74, 6) is 0. The molecule has 4 aromatic carbocycles. The quantitative estimate of drug-likeness (QED) is 0.231. The minimum atomic E-state index is -6.41. The number of hydrogen-bond acceptors (Lipinski definition) is 3. The summed E-state index contributed by atoms with van der Waals surface area (Å²) < 4.78 is 74.8. The first-order chi connectivity index (χ1) is 13.6. The number of halogens is 4. The standard InChI is InChI=1S/C21H15F3IO3S/c22-21(23,29(26,27)28)25(24,19-11-9-15-5-1-3-7-17(15)13-19)20-12-10-16-6-2-4-8-18(16)14-20/h1-14H,(H,26,27,28)/q-1/p-1. The van der Waals surface area contributed by atoms with Crippen LogP contribution in [-0.2, 0) is 10.1 Å². The minimum absolute atomic E-state index is 0.435. The number of alkyl halides is 3. The van der Waals surface area contributed by atoms with E-state index in [-0.39, 0.29) is 0 Å². The Labute approximate surface area is 170 Å². The molecule has 0 saturated carbocycles. The topological polar surface area (TPSA) is 57.2 Å². The van der Waals surface area contributed by atoms with Crippen molar-refractivity contribution in [2.24, 2.45) is 0 Å². The van der Waals surface area contributed by atoms with E-state index in [1.807, 2.05) is 0 Å². The molecule has 0 aliphatic heterocycles. The first-order valence-corrected chi connectivity index (χ1v) is 13.9. The summed E-state index contributed by atoms with van der Waals surface area (Å²) in [6, 6.07) is 21.2. The average molecular weight is 530 g/mol. The Hall–Kier alpha value is -2.17. The molecular formula is C21H14F3IO3S-2. The molecule has 8 heteroatoms. The molecule has 0 heterocycles. The second-order valence-corrected chi connectivity index (χ2v) is 15.2. The molecule has 0 aliphatic carbocycles. The maximum absolute atomic E-state index is 16.4. The third-order valence-electron chi connectivity index (χ3n) is 4.61. The van der Waals surface area contributed by atoms with Crippen LogP contribution < -0.4 is 19.0 Å². The summed E-state index contributed by atoms with van der Waals surface area (Å²) >= 11 is -6.41. The van der Waals surface area contributed by atoms with Crippen LogP contribution in [0.25, 0.3) is 21.5 Å². The number of hydrogen-bond donors (Lipinski definition) is 0. The van der Waals surface area contributed by atoms with E-state index in [0.29, 0.717) is 21.5 Å². The summed E-state index contributed by atoms with van der Waals surface area (Å²) in [4.78, 5) is 0. The molecular weight excluding hydrogens is 516 g/mol. The second kappa shape index (κ2) is 6.96. The first kappa shape index (κ1) is 20.1. The van der Waals surface area contributed by atoms with Gasteiger partial charge < -0.3 is 0 Å². The van der Waals surface area contributed by atoms with E-state index in [1.54, 1.807) is 48.5 Å². The van der Waals surface area contributed by atoms with Gasteiger partial charge in [0.1, 0.15) is 0 Å². The van der Waals surface area contributed by atoms with Gasteiger partial charge in [-0.1, -0.05) is 0 Å². The Kier molecular flexibility index (Phi) is 4.83. The van der Waals surface area contributed by atoms with Crippen molar-refractivity contribution in [2.45, 2.75) is 3.26 Å². The van der Waals surface area contributed by atoms with E-state index in [1.165, 1.54) is 24.3 Å². The van der Waals surface area contributed by atoms with Crippen LogP contribution in [0.4, 0.5) is 11.6 Å². The van der Waals surface area contributed by atoms with Crippen molar-refractivity contribution in [2.75, 3.05) is 0 Å². The van der Waals surface area contributed by atoms with E-state index in [0.717, 1.165) is 12.1 Å². The van der Waals surface area contributed by atoms with E-state index < -0.39 is 39.5 Å². The van der Waals surface area contributed by atoms with Gasteiger partial charge in [-0.2, -0.15) is 0 Å². The first-order valence-electron chi connectivity index (χ1n) is 8.42. The van der Waals surface area contributed by atoms with Crippen LogP contribution in [0, 0.1) is 7.14 Å².